The molecule has 0 saturated carbocycles. The van der Waals surface area contributed by atoms with Gasteiger partial charge in [0.25, 0.3) is 0 Å². The number of hydrogen-bond acceptors (Lipinski definition) is 3. The molecule has 5 nitrogen and oxygen atoms in total. The average Bonchev–Trinajstić information content (AvgIpc) is 3.22. The van der Waals surface area contributed by atoms with Gasteiger partial charge in [0.1, 0.15) is 5.82 Å². The molecule has 2 amide bonds. The van der Waals surface area contributed by atoms with Gasteiger partial charge in [0, 0.05) is 51.5 Å². The topological polar surface area (TPSA) is 47.6 Å². The molecule has 1 atom stereocenters. The largest absolute Gasteiger partial charge is 0.371 e. The van der Waals surface area contributed by atoms with Crippen molar-refractivity contribution in [3.63, 3.8) is 0 Å². The van der Waals surface area contributed by atoms with E-state index in [0.29, 0.717) is 19.0 Å². The third kappa shape index (κ3) is 5.26. The lowest BCUT2D eigenvalue weighted by molar-refractivity contribution is 0.229. The van der Waals surface area contributed by atoms with E-state index in [1.165, 1.54) is 23.3 Å². The molecule has 0 aromatic heterocycles. The highest BCUT2D eigenvalue weighted by atomic mass is 19.1. The first-order chi connectivity index (χ1) is 14.2. The number of benzene rings is 2. The number of carbonyl (C=O) groups excluding carboxylic acids is 1. The van der Waals surface area contributed by atoms with Crippen LogP contribution in [-0.4, -0.2) is 50.2 Å². The van der Waals surface area contributed by atoms with E-state index in [4.69, 9.17) is 0 Å². The summed E-state index contributed by atoms with van der Waals surface area (Å²) in [6.07, 6.45) is 2.11. The van der Waals surface area contributed by atoms with Crippen LogP contribution >= 0.6 is 0 Å². The first-order valence-corrected chi connectivity index (χ1v) is 10.5. The van der Waals surface area contributed by atoms with E-state index in [-0.39, 0.29) is 11.8 Å². The lowest BCUT2D eigenvalue weighted by Crippen LogP contribution is -2.43. The maximum atomic E-state index is 13.1. The van der Waals surface area contributed by atoms with Gasteiger partial charge in [-0.2, -0.15) is 0 Å². The minimum absolute atomic E-state index is 0.0948. The van der Waals surface area contributed by atoms with Crippen LogP contribution in [0.1, 0.15) is 17.5 Å². The molecule has 154 valence electrons. The molecule has 0 bridgehead atoms. The third-order valence-corrected chi connectivity index (χ3v) is 5.95. The highest BCUT2D eigenvalue weighted by molar-refractivity contribution is 5.73. The van der Waals surface area contributed by atoms with Crippen molar-refractivity contribution >= 4 is 11.7 Å². The number of halogens is 1. The fourth-order valence-corrected chi connectivity index (χ4v) is 4.26. The zero-order valence-electron chi connectivity index (χ0n) is 16.7. The summed E-state index contributed by atoms with van der Waals surface area (Å²) in [5, 5.41) is 5.98. The van der Waals surface area contributed by atoms with Crippen LogP contribution in [0.15, 0.2) is 48.5 Å². The van der Waals surface area contributed by atoms with Crippen molar-refractivity contribution in [2.75, 3.05) is 44.2 Å². The van der Waals surface area contributed by atoms with Crippen LogP contribution in [0.2, 0.25) is 0 Å². The zero-order chi connectivity index (χ0) is 20.1. The van der Waals surface area contributed by atoms with Crippen LogP contribution in [0.4, 0.5) is 14.9 Å². The summed E-state index contributed by atoms with van der Waals surface area (Å²) in [6.45, 7) is 6.02. The van der Waals surface area contributed by atoms with Crippen molar-refractivity contribution in [3.8, 4) is 0 Å². The number of hydrogen-bond donors (Lipinski definition) is 2. The predicted octanol–water partition coefficient (Wildman–Crippen LogP) is 3.01. The quantitative estimate of drug-likeness (QED) is 0.789. The summed E-state index contributed by atoms with van der Waals surface area (Å²) in [7, 11) is 0. The summed E-state index contributed by atoms with van der Waals surface area (Å²) in [4.78, 5) is 16.8. The van der Waals surface area contributed by atoms with Crippen LogP contribution in [-0.2, 0) is 13.0 Å². The Bertz CT molecular complexity index is 826. The maximum absolute atomic E-state index is 13.1. The van der Waals surface area contributed by atoms with Gasteiger partial charge in [-0.05, 0) is 54.2 Å². The summed E-state index contributed by atoms with van der Waals surface area (Å²) in [5.74, 6) is 0.209. The molecule has 0 radical (unpaired) electrons. The Morgan fingerprint density at radius 1 is 1.03 bits per heavy atom. The standard InChI is InChI=1S/C23H29FN4O/c24-21-5-7-22(8-6-21)28-13-9-18(16-28)15-26-23(29)25-11-14-27-12-10-19-3-1-2-4-20(19)17-27/h1-8,18H,9-17H2,(H2,25,26,29)/t18-/m0/s1. The fourth-order valence-electron chi connectivity index (χ4n) is 4.26. The van der Waals surface area contributed by atoms with Crippen LogP contribution < -0.4 is 15.5 Å². The van der Waals surface area contributed by atoms with Gasteiger partial charge in [-0.3, -0.25) is 4.90 Å². The molecule has 2 aliphatic rings. The number of rotatable bonds is 6. The molecule has 2 N–H and O–H groups in total. The van der Waals surface area contributed by atoms with E-state index < -0.39 is 0 Å². The number of fused-ring (bicyclic) bond motifs is 1. The second-order valence-corrected chi connectivity index (χ2v) is 8.01. The molecule has 2 aromatic carbocycles. The number of carbonyl (C=O) groups is 1. The highest BCUT2D eigenvalue weighted by Gasteiger charge is 2.23. The Morgan fingerprint density at radius 2 is 1.83 bits per heavy atom. The molecule has 1 saturated heterocycles. The van der Waals surface area contributed by atoms with E-state index in [9.17, 15) is 9.18 Å². The fraction of sp³-hybridized carbons (Fsp3) is 0.435. The van der Waals surface area contributed by atoms with Gasteiger partial charge in [0.2, 0.25) is 0 Å². The number of nitrogens with zero attached hydrogens (tertiary/aromatic N) is 2. The molecule has 2 heterocycles. The Hall–Kier alpha value is -2.60. The monoisotopic (exact) mass is 396 g/mol. The SMILES string of the molecule is O=C(NCCN1CCc2ccccc2C1)NC[C@@H]1CCN(c2ccc(F)cc2)C1. The van der Waals surface area contributed by atoms with Crippen LogP contribution in [0, 0.1) is 11.7 Å². The maximum Gasteiger partial charge on any atom is 0.314 e. The van der Waals surface area contributed by atoms with Gasteiger partial charge in [-0.1, -0.05) is 24.3 Å². The second kappa shape index (κ2) is 9.27. The van der Waals surface area contributed by atoms with E-state index >= 15 is 0 Å². The second-order valence-electron chi connectivity index (χ2n) is 8.01. The van der Waals surface area contributed by atoms with Gasteiger partial charge in [-0.15, -0.1) is 0 Å². The van der Waals surface area contributed by atoms with Crippen molar-refractivity contribution < 1.29 is 9.18 Å². The van der Waals surface area contributed by atoms with Gasteiger partial charge in [0.15, 0.2) is 0 Å². The molecule has 1 fully saturated rings. The first kappa shape index (κ1) is 19.7. The molecule has 29 heavy (non-hydrogen) atoms. The zero-order valence-corrected chi connectivity index (χ0v) is 16.7. The summed E-state index contributed by atoms with van der Waals surface area (Å²) in [6, 6.07) is 15.1. The minimum atomic E-state index is -0.211. The molecular formula is C23H29FN4O. The van der Waals surface area contributed by atoms with Gasteiger partial charge < -0.3 is 15.5 Å². The van der Waals surface area contributed by atoms with E-state index in [0.717, 1.165) is 51.3 Å². The third-order valence-electron chi connectivity index (χ3n) is 5.95. The average molecular weight is 397 g/mol. The molecule has 4 rings (SSSR count). The number of amides is 2. The van der Waals surface area contributed by atoms with Crippen molar-refractivity contribution in [3.05, 3.63) is 65.5 Å². The Balaban J connectivity index is 1.13. The Morgan fingerprint density at radius 3 is 2.66 bits per heavy atom. The van der Waals surface area contributed by atoms with Gasteiger partial charge in [-0.25, -0.2) is 9.18 Å². The van der Waals surface area contributed by atoms with Crippen molar-refractivity contribution in [1.29, 1.82) is 0 Å². The lowest BCUT2D eigenvalue weighted by Gasteiger charge is -2.28. The van der Waals surface area contributed by atoms with Gasteiger partial charge in [0.05, 0.1) is 0 Å². The Labute approximate surface area is 171 Å². The number of anilines is 1. The molecule has 2 aromatic rings. The van der Waals surface area contributed by atoms with E-state index in [1.54, 1.807) is 0 Å². The van der Waals surface area contributed by atoms with Crippen molar-refractivity contribution in [2.45, 2.75) is 19.4 Å². The van der Waals surface area contributed by atoms with Gasteiger partial charge >= 0.3 is 6.03 Å². The summed E-state index contributed by atoms with van der Waals surface area (Å²) >= 11 is 0. The minimum Gasteiger partial charge on any atom is -0.371 e. The Kier molecular flexibility index (Phi) is 6.30. The first-order valence-electron chi connectivity index (χ1n) is 10.5. The molecular weight excluding hydrogens is 367 g/mol. The van der Waals surface area contributed by atoms with Crippen molar-refractivity contribution in [2.24, 2.45) is 5.92 Å². The smallest absolute Gasteiger partial charge is 0.314 e. The normalized spacial score (nSPS) is 19.1. The summed E-state index contributed by atoms with van der Waals surface area (Å²) in [5.41, 5.74) is 3.89. The highest BCUT2D eigenvalue weighted by Crippen LogP contribution is 2.23. The summed E-state index contributed by atoms with van der Waals surface area (Å²) < 4.78 is 13.1. The molecule has 0 aliphatic carbocycles. The number of nitrogens with one attached hydrogen (secondary N) is 2. The molecule has 0 unspecified atom stereocenters. The van der Waals surface area contributed by atoms with Crippen LogP contribution in [0.5, 0.6) is 0 Å². The molecule has 6 heteroatoms. The van der Waals surface area contributed by atoms with E-state index in [2.05, 4.69) is 44.7 Å². The lowest BCUT2D eigenvalue weighted by atomic mass is 10.00. The van der Waals surface area contributed by atoms with Crippen LogP contribution in [0.3, 0.4) is 0 Å². The van der Waals surface area contributed by atoms with E-state index in [1.807, 2.05) is 12.1 Å². The molecule has 2 aliphatic heterocycles. The molecule has 0 spiro atoms. The van der Waals surface area contributed by atoms with Crippen molar-refractivity contribution in [1.82, 2.24) is 15.5 Å². The van der Waals surface area contributed by atoms with Crippen LogP contribution in [0.25, 0.3) is 0 Å². The predicted molar refractivity (Wildman–Crippen MR) is 114 cm³/mol. The number of urea groups is 1.